The Labute approximate surface area is 63.9 Å². The van der Waals surface area contributed by atoms with E-state index in [1.54, 1.807) is 24.3 Å². The van der Waals surface area contributed by atoms with E-state index < -0.39 is 0 Å². The topological polar surface area (TPSA) is 29.5 Å². The molecule has 0 amide bonds. The van der Waals surface area contributed by atoms with Crippen LogP contribution < -0.4 is 0 Å². The first-order valence-corrected chi connectivity index (χ1v) is 3.21. The van der Waals surface area contributed by atoms with Gasteiger partial charge in [-0.3, -0.25) is 5.26 Å². The minimum Gasteiger partial charge on any atom is -0.251 e. The first kappa shape index (κ1) is 7.54. The van der Waals surface area contributed by atoms with E-state index in [9.17, 15) is 0 Å². The van der Waals surface area contributed by atoms with Crippen LogP contribution >= 0.6 is 11.6 Å². The molecule has 0 saturated carbocycles. The van der Waals surface area contributed by atoms with Gasteiger partial charge in [-0.2, -0.15) is 0 Å². The Kier molecular flexibility index (Phi) is 2.68. The maximum atomic E-state index is 8.06. The first-order valence-electron chi connectivity index (χ1n) is 2.84. The molecule has 0 aliphatic heterocycles. The van der Waals surface area contributed by atoms with Gasteiger partial charge in [-0.05, 0) is 17.7 Å². The Morgan fingerprint density at radius 2 is 1.90 bits per heavy atom. The molecule has 10 heavy (non-hydrogen) atoms. The van der Waals surface area contributed by atoms with Crippen LogP contribution in [0.4, 0.5) is 0 Å². The second-order valence-corrected chi connectivity index (χ2v) is 2.34. The van der Waals surface area contributed by atoms with Gasteiger partial charge < -0.3 is 0 Å². The molecule has 0 aliphatic carbocycles. The summed E-state index contributed by atoms with van der Waals surface area (Å²) in [7, 11) is 0. The Bertz CT molecular complexity index is 195. The molecule has 2 nitrogen and oxygen atoms in total. The zero-order valence-corrected chi connectivity index (χ0v) is 6.01. The molecule has 1 rings (SSSR count). The summed E-state index contributed by atoms with van der Waals surface area (Å²) >= 11 is 5.61. The average Bonchev–Trinajstić information content (AvgIpc) is 1.95. The van der Waals surface area contributed by atoms with Crippen LogP contribution in [0.1, 0.15) is 5.56 Å². The van der Waals surface area contributed by atoms with Gasteiger partial charge in [0.2, 0.25) is 0 Å². The summed E-state index contributed by atoms with van der Waals surface area (Å²) < 4.78 is 0. The SMILES string of the molecule is OOCc1ccc(Cl)cc1. The Balaban J connectivity index is 2.69. The third-order valence-corrected chi connectivity index (χ3v) is 1.40. The molecule has 3 heteroatoms. The van der Waals surface area contributed by atoms with Crippen LogP contribution in [0.25, 0.3) is 0 Å². The highest BCUT2D eigenvalue weighted by Crippen LogP contribution is 2.09. The molecule has 54 valence electrons. The van der Waals surface area contributed by atoms with Gasteiger partial charge in [-0.1, -0.05) is 23.7 Å². The highest BCUT2D eigenvalue weighted by Gasteiger charge is 1.90. The minimum atomic E-state index is 0.206. The van der Waals surface area contributed by atoms with Gasteiger partial charge in [-0.25, -0.2) is 4.89 Å². The molecule has 1 aromatic rings. The van der Waals surface area contributed by atoms with E-state index in [2.05, 4.69) is 4.89 Å². The van der Waals surface area contributed by atoms with Crippen LogP contribution in [-0.2, 0) is 11.5 Å². The van der Waals surface area contributed by atoms with E-state index in [-0.39, 0.29) is 6.61 Å². The monoisotopic (exact) mass is 158 g/mol. The summed E-state index contributed by atoms with van der Waals surface area (Å²) in [5, 5.41) is 8.74. The molecule has 0 aromatic heterocycles. The third-order valence-electron chi connectivity index (χ3n) is 1.14. The summed E-state index contributed by atoms with van der Waals surface area (Å²) in [6, 6.07) is 7.07. The van der Waals surface area contributed by atoms with Crippen LogP contribution in [-0.4, -0.2) is 5.26 Å². The number of rotatable bonds is 2. The molecule has 0 heterocycles. The third kappa shape index (κ3) is 1.99. The second kappa shape index (κ2) is 3.56. The summed E-state index contributed by atoms with van der Waals surface area (Å²) in [6.07, 6.45) is 0. The number of hydrogen-bond donors (Lipinski definition) is 1. The molecular weight excluding hydrogens is 152 g/mol. The molecule has 0 bridgehead atoms. The van der Waals surface area contributed by atoms with Gasteiger partial charge in [0.05, 0.1) is 0 Å². The lowest BCUT2D eigenvalue weighted by molar-refractivity contribution is -0.253. The molecule has 0 unspecified atom stereocenters. The highest BCUT2D eigenvalue weighted by molar-refractivity contribution is 6.30. The quantitative estimate of drug-likeness (QED) is 0.529. The molecule has 0 spiro atoms. The number of benzene rings is 1. The summed E-state index contributed by atoms with van der Waals surface area (Å²) in [5.74, 6) is 0. The zero-order valence-electron chi connectivity index (χ0n) is 5.25. The molecule has 1 aromatic carbocycles. The number of hydrogen-bond acceptors (Lipinski definition) is 2. The van der Waals surface area contributed by atoms with Crippen molar-refractivity contribution in [1.82, 2.24) is 0 Å². The van der Waals surface area contributed by atoms with Gasteiger partial charge >= 0.3 is 0 Å². The van der Waals surface area contributed by atoms with Crippen molar-refractivity contribution < 1.29 is 10.1 Å². The van der Waals surface area contributed by atoms with Crippen LogP contribution in [0.15, 0.2) is 24.3 Å². The van der Waals surface area contributed by atoms with Crippen molar-refractivity contribution in [1.29, 1.82) is 0 Å². The molecule has 0 fully saturated rings. The van der Waals surface area contributed by atoms with Crippen molar-refractivity contribution in [3.63, 3.8) is 0 Å². The predicted molar refractivity (Wildman–Crippen MR) is 38.9 cm³/mol. The number of halogens is 1. The van der Waals surface area contributed by atoms with Gasteiger partial charge in [-0.15, -0.1) is 0 Å². The van der Waals surface area contributed by atoms with E-state index in [0.29, 0.717) is 5.02 Å². The maximum Gasteiger partial charge on any atom is 0.107 e. The Morgan fingerprint density at radius 3 is 2.40 bits per heavy atom. The van der Waals surface area contributed by atoms with E-state index in [1.165, 1.54) is 0 Å². The summed E-state index contributed by atoms with van der Waals surface area (Å²) in [6.45, 7) is 0.206. The second-order valence-electron chi connectivity index (χ2n) is 1.90. The normalized spacial score (nSPS) is 9.80. The smallest absolute Gasteiger partial charge is 0.107 e. The van der Waals surface area contributed by atoms with Crippen molar-refractivity contribution >= 4 is 11.6 Å². The lowest BCUT2D eigenvalue weighted by Crippen LogP contribution is -1.85. The zero-order chi connectivity index (χ0) is 7.40. The Hall–Kier alpha value is -0.570. The molecular formula is C7H7ClO2. The Morgan fingerprint density at radius 1 is 1.30 bits per heavy atom. The minimum absolute atomic E-state index is 0.206. The van der Waals surface area contributed by atoms with Crippen molar-refractivity contribution in [2.24, 2.45) is 0 Å². The molecule has 0 radical (unpaired) electrons. The fourth-order valence-corrected chi connectivity index (χ4v) is 0.781. The van der Waals surface area contributed by atoms with Gasteiger partial charge in [0, 0.05) is 5.02 Å². The van der Waals surface area contributed by atoms with Crippen molar-refractivity contribution in [3.05, 3.63) is 34.9 Å². The largest absolute Gasteiger partial charge is 0.251 e. The molecule has 0 aliphatic rings. The highest BCUT2D eigenvalue weighted by atomic mass is 35.5. The van der Waals surface area contributed by atoms with E-state index in [1.807, 2.05) is 0 Å². The van der Waals surface area contributed by atoms with Gasteiger partial charge in [0.15, 0.2) is 0 Å². The van der Waals surface area contributed by atoms with Crippen LogP contribution in [0, 0.1) is 0 Å². The van der Waals surface area contributed by atoms with Gasteiger partial charge in [0.25, 0.3) is 0 Å². The average molecular weight is 159 g/mol. The summed E-state index contributed by atoms with van der Waals surface area (Å²) in [5.41, 5.74) is 0.895. The molecule has 0 atom stereocenters. The van der Waals surface area contributed by atoms with Crippen molar-refractivity contribution in [3.8, 4) is 0 Å². The fraction of sp³-hybridized carbons (Fsp3) is 0.143. The lowest BCUT2D eigenvalue weighted by atomic mass is 10.2. The van der Waals surface area contributed by atoms with Crippen molar-refractivity contribution in [2.45, 2.75) is 6.61 Å². The maximum absolute atomic E-state index is 8.06. The fourth-order valence-electron chi connectivity index (χ4n) is 0.655. The van der Waals surface area contributed by atoms with Crippen LogP contribution in [0.2, 0.25) is 5.02 Å². The lowest BCUT2D eigenvalue weighted by Gasteiger charge is -1.95. The van der Waals surface area contributed by atoms with Crippen LogP contribution in [0.5, 0.6) is 0 Å². The van der Waals surface area contributed by atoms with Crippen LogP contribution in [0.3, 0.4) is 0 Å². The van der Waals surface area contributed by atoms with Gasteiger partial charge in [0.1, 0.15) is 6.61 Å². The standard InChI is InChI=1S/C7H7ClO2/c8-7-3-1-6(2-4-7)5-10-9/h1-4,9H,5H2. The van der Waals surface area contributed by atoms with Crippen molar-refractivity contribution in [2.75, 3.05) is 0 Å². The molecule has 1 N–H and O–H groups in total. The van der Waals surface area contributed by atoms with E-state index in [0.717, 1.165) is 5.56 Å². The van der Waals surface area contributed by atoms with E-state index in [4.69, 9.17) is 16.9 Å². The summed E-state index contributed by atoms with van der Waals surface area (Å²) in [4.78, 5) is 3.92. The predicted octanol–water partition coefficient (Wildman–Crippen LogP) is 2.33. The first-order chi connectivity index (χ1) is 4.83. The molecule has 0 saturated heterocycles. The van der Waals surface area contributed by atoms with E-state index >= 15 is 0 Å².